The first-order chi connectivity index (χ1) is 15.7. The van der Waals surface area contributed by atoms with Crippen LogP contribution in [0.15, 0.2) is 72.9 Å². The number of anilines is 1. The van der Waals surface area contributed by atoms with Crippen LogP contribution in [0.2, 0.25) is 5.02 Å². The quantitative estimate of drug-likeness (QED) is 0.282. The van der Waals surface area contributed by atoms with Gasteiger partial charge in [-0.15, -0.1) is 0 Å². The molecule has 0 bridgehead atoms. The molecule has 0 radical (unpaired) electrons. The summed E-state index contributed by atoms with van der Waals surface area (Å²) in [7, 11) is 1.53. The highest BCUT2D eigenvalue weighted by Crippen LogP contribution is 2.36. The molecule has 0 aliphatic carbocycles. The van der Waals surface area contributed by atoms with Gasteiger partial charge in [-0.05, 0) is 54.1 Å². The predicted octanol–water partition coefficient (Wildman–Crippen LogP) is 6.11. The molecule has 1 amide bonds. The predicted molar refractivity (Wildman–Crippen MR) is 119 cm³/mol. The minimum Gasteiger partial charge on any atom is -0.497 e. The van der Waals surface area contributed by atoms with E-state index in [2.05, 4.69) is 5.32 Å². The smallest absolute Gasteiger partial charge is 0.417 e. The fraction of sp³-hybridized carbons (Fsp3) is 0.0833. The van der Waals surface area contributed by atoms with Crippen LogP contribution in [0.4, 0.5) is 18.9 Å². The Morgan fingerprint density at radius 3 is 2.39 bits per heavy atom. The minimum atomic E-state index is -4.71. The van der Waals surface area contributed by atoms with Crippen LogP contribution in [0.25, 0.3) is 16.6 Å². The van der Waals surface area contributed by atoms with Gasteiger partial charge in [-0.2, -0.15) is 13.2 Å². The second-order valence-electron chi connectivity index (χ2n) is 7.11. The zero-order valence-corrected chi connectivity index (χ0v) is 17.9. The van der Waals surface area contributed by atoms with Crippen molar-refractivity contribution >= 4 is 34.5 Å². The highest BCUT2D eigenvalue weighted by molar-refractivity contribution is 6.47. The first-order valence-corrected chi connectivity index (χ1v) is 10.0. The number of fused-ring (bicyclic) bond motifs is 1. The molecule has 2 heterocycles. The lowest BCUT2D eigenvalue weighted by molar-refractivity contribution is -0.137. The Labute approximate surface area is 191 Å². The number of benzene rings is 2. The van der Waals surface area contributed by atoms with E-state index in [0.29, 0.717) is 28.5 Å². The number of halogens is 4. The second kappa shape index (κ2) is 8.63. The van der Waals surface area contributed by atoms with E-state index >= 15 is 0 Å². The van der Waals surface area contributed by atoms with Crippen molar-refractivity contribution in [3.8, 4) is 16.9 Å². The van der Waals surface area contributed by atoms with Crippen molar-refractivity contribution in [1.82, 2.24) is 4.40 Å². The summed E-state index contributed by atoms with van der Waals surface area (Å²) in [6.07, 6.45) is -3.08. The number of hydrogen-bond acceptors (Lipinski definition) is 3. The number of nitrogens with one attached hydrogen (secondary N) is 1. The Bertz CT molecular complexity index is 1360. The van der Waals surface area contributed by atoms with Gasteiger partial charge in [0.25, 0.3) is 11.7 Å². The van der Waals surface area contributed by atoms with Gasteiger partial charge in [0.05, 0.1) is 17.7 Å². The molecule has 2 aromatic carbocycles. The number of aromatic nitrogens is 1. The fourth-order valence-corrected chi connectivity index (χ4v) is 3.69. The van der Waals surface area contributed by atoms with E-state index in [1.807, 2.05) is 0 Å². The number of alkyl halides is 3. The number of ketones is 1. The summed E-state index contributed by atoms with van der Waals surface area (Å²) in [5.74, 6) is -1.36. The van der Waals surface area contributed by atoms with Crippen molar-refractivity contribution in [2.24, 2.45) is 0 Å². The molecule has 0 saturated carbocycles. The van der Waals surface area contributed by atoms with Gasteiger partial charge in [0.1, 0.15) is 11.4 Å². The Hall–Kier alpha value is -3.78. The van der Waals surface area contributed by atoms with E-state index < -0.39 is 28.5 Å². The van der Waals surface area contributed by atoms with Crippen molar-refractivity contribution in [3.05, 3.63) is 89.2 Å². The molecule has 0 saturated heterocycles. The molecule has 4 aromatic rings. The lowest BCUT2D eigenvalue weighted by Crippen LogP contribution is -2.25. The number of nitrogens with zero attached hydrogens (tertiary/aromatic N) is 1. The summed E-state index contributed by atoms with van der Waals surface area (Å²) in [5, 5.41) is 1.74. The van der Waals surface area contributed by atoms with Crippen molar-refractivity contribution in [1.29, 1.82) is 0 Å². The molecule has 0 aliphatic heterocycles. The number of amides is 1. The second-order valence-corrected chi connectivity index (χ2v) is 7.51. The molecule has 4 rings (SSSR count). The Morgan fingerprint density at radius 2 is 1.73 bits per heavy atom. The average molecular weight is 473 g/mol. The van der Waals surface area contributed by atoms with Gasteiger partial charge in [-0.1, -0.05) is 29.8 Å². The number of rotatable bonds is 5. The molecule has 0 atom stereocenters. The van der Waals surface area contributed by atoms with Crippen LogP contribution in [0.5, 0.6) is 5.75 Å². The van der Waals surface area contributed by atoms with Gasteiger partial charge >= 0.3 is 6.18 Å². The Morgan fingerprint density at radius 1 is 1.00 bits per heavy atom. The highest BCUT2D eigenvalue weighted by Gasteiger charge is 2.34. The topological polar surface area (TPSA) is 59.8 Å². The fourth-order valence-electron chi connectivity index (χ4n) is 3.46. The molecule has 0 aliphatic rings. The average Bonchev–Trinajstić information content (AvgIpc) is 3.18. The third-order valence-electron chi connectivity index (χ3n) is 5.03. The van der Waals surface area contributed by atoms with Crippen LogP contribution in [-0.4, -0.2) is 23.2 Å². The minimum absolute atomic E-state index is 0.0817. The lowest BCUT2D eigenvalue weighted by Gasteiger charge is -2.12. The molecule has 0 spiro atoms. The molecular weight excluding hydrogens is 457 g/mol. The molecule has 33 heavy (non-hydrogen) atoms. The number of Topliss-reactive ketones (excluding diaryl/α,β-unsaturated/α-hetero) is 1. The summed E-state index contributed by atoms with van der Waals surface area (Å²) in [6, 6.07) is 16.9. The Kier molecular flexibility index (Phi) is 5.86. The molecule has 0 fully saturated rings. The van der Waals surface area contributed by atoms with Crippen LogP contribution in [-0.2, 0) is 11.0 Å². The van der Waals surface area contributed by atoms with E-state index in [9.17, 15) is 22.8 Å². The molecule has 2 aromatic heterocycles. The van der Waals surface area contributed by atoms with E-state index in [-0.39, 0.29) is 11.4 Å². The molecule has 0 unspecified atom stereocenters. The molecule has 5 nitrogen and oxygen atoms in total. The lowest BCUT2D eigenvalue weighted by atomic mass is 10.0. The van der Waals surface area contributed by atoms with Gasteiger partial charge in [0.15, 0.2) is 0 Å². The van der Waals surface area contributed by atoms with Gasteiger partial charge in [-0.25, -0.2) is 0 Å². The maximum Gasteiger partial charge on any atom is 0.417 e. The van der Waals surface area contributed by atoms with E-state index in [4.69, 9.17) is 16.3 Å². The first-order valence-electron chi connectivity index (χ1n) is 9.66. The molecule has 168 valence electrons. The van der Waals surface area contributed by atoms with Crippen molar-refractivity contribution in [3.63, 3.8) is 0 Å². The number of methoxy groups -OCH3 is 1. The monoisotopic (exact) mass is 472 g/mol. The van der Waals surface area contributed by atoms with Crippen LogP contribution in [0.3, 0.4) is 0 Å². The van der Waals surface area contributed by atoms with E-state index in [1.165, 1.54) is 13.2 Å². The van der Waals surface area contributed by atoms with Gasteiger partial charge in [-0.3, -0.25) is 9.59 Å². The summed E-state index contributed by atoms with van der Waals surface area (Å²) in [6.45, 7) is 0. The molecular formula is C24H16ClF3N2O3. The Balaban J connectivity index is 1.73. The van der Waals surface area contributed by atoms with Crippen LogP contribution in [0, 0.1) is 0 Å². The standard InChI is InChI=1S/C24H16ClF3N2O3/c1-33-17-8-5-14(6-9-17)18-13-16-4-2-3-11-30(16)21(18)22(31)23(32)29-15-7-10-20(25)19(12-15)24(26,27)28/h2-13H,1H3,(H,29,32). The van der Waals surface area contributed by atoms with E-state index in [1.54, 1.807) is 59.1 Å². The van der Waals surface area contributed by atoms with Gasteiger partial charge in [0.2, 0.25) is 0 Å². The molecule has 1 N–H and O–H groups in total. The summed E-state index contributed by atoms with van der Waals surface area (Å²) < 4.78 is 46.1. The van der Waals surface area contributed by atoms with E-state index in [0.717, 1.165) is 6.07 Å². The number of carbonyl (C=O) groups is 2. The maximum absolute atomic E-state index is 13.2. The van der Waals surface area contributed by atoms with Crippen molar-refractivity contribution in [2.75, 3.05) is 12.4 Å². The van der Waals surface area contributed by atoms with Crippen molar-refractivity contribution in [2.45, 2.75) is 6.18 Å². The van der Waals surface area contributed by atoms with Gasteiger partial charge in [0, 0.05) is 23.0 Å². The number of hydrogen-bond donors (Lipinski definition) is 1. The zero-order valence-electron chi connectivity index (χ0n) is 17.1. The first kappa shape index (κ1) is 22.4. The number of pyridine rings is 1. The highest BCUT2D eigenvalue weighted by atomic mass is 35.5. The number of ether oxygens (including phenoxy) is 1. The normalized spacial score (nSPS) is 11.4. The summed E-state index contributed by atoms with van der Waals surface area (Å²) >= 11 is 5.62. The van der Waals surface area contributed by atoms with Crippen LogP contribution >= 0.6 is 11.6 Å². The third-order valence-corrected chi connectivity index (χ3v) is 5.36. The van der Waals surface area contributed by atoms with Crippen LogP contribution < -0.4 is 10.1 Å². The zero-order chi connectivity index (χ0) is 23.8. The summed E-state index contributed by atoms with van der Waals surface area (Å²) in [4.78, 5) is 26.0. The molecule has 9 heteroatoms. The summed E-state index contributed by atoms with van der Waals surface area (Å²) in [5.41, 5.74) is 0.611. The largest absolute Gasteiger partial charge is 0.497 e. The van der Waals surface area contributed by atoms with Gasteiger partial charge < -0.3 is 14.5 Å². The maximum atomic E-state index is 13.2. The van der Waals surface area contributed by atoms with Crippen LogP contribution in [0.1, 0.15) is 16.1 Å². The third kappa shape index (κ3) is 4.42. The SMILES string of the molecule is COc1ccc(-c2cc3ccccn3c2C(=O)C(=O)Nc2ccc(Cl)c(C(F)(F)F)c2)cc1. The van der Waals surface area contributed by atoms with Crippen molar-refractivity contribution < 1.29 is 27.5 Å². The number of carbonyl (C=O) groups excluding carboxylic acids is 2.